The van der Waals surface area contributed by atoms with Gasteiger partial charge in [0, 0.05) is 13.2 Å². The van der Waals surface area contributed by atoms with Crippen LogP contribution >= 0.6 is 0 Å². The van der Waals surface area contributed by atoms with Gasteiger partial charge >= 0.3 is 0 Å². The quantitative estimate of drug-likeness (QED) is 0.852. The molecule has 90 valence electrons. The Balaban J connectivity index is 2.16. The molecule has 0 aliphatic rings. The third-order valence-corrected chi connectivity index (χ3v) is 2.95. The number of likely N-dealkylation sites (N-methyl/N-ethyl adjacent to an activating group) is 1. The van der Waals surface area contributed by atoms with Crippen LogP contribution in [0.5, 0.6) is 0 Å². The van der Waals surface area contributed by atoms with Gasteiger partial charge in [-0.05, 0) is 24.6 Å². The van der Waals surface area contributed by atoms with Crippen molar-refractivity contribution in [2.75, 3.05) is 6.54 Å². The summed E-state index contributed by atoms with van der Waals surface area (Å²) in [5.41, 5.74) is 2.58. The molecule has 0 saturated heterocycles. The lowest BCUT2D eigenvalue weighted by Crippen LogP contribution is -2.25. The van der Waals surface area contributed by atoms with Gasteiger partial charge in [0.25, 0.3) is 0 Å². The zero-order chi connectivity index (χ0) is 12.1. The molecular formula is C14H19N3. The normalized spacial score (nSPS) is 12.6. The molecule has 0 fully saturated rings. The third kappa shape index (κ3) is 2.94. The van der Waals surface area contributed by atoms with Gasteiger partial charge in [-0.1, -0.05) is 37.3 Å². The SMILES string of the molecule is CCNC(Cc1ccccc1)c1ccnn1C. The summed E-state index contributed by atoms with van der Waals surface area (Å²) >= 11 is 0. The second-order valence-electron chi connectivity index (χ2n) is 4.18. The molecule has 1 heterocycles. The Morgan fingerprint density at radius 1 is 1.24 bits per heavy atom. The molecule has 0 saturated carbocycles. The van der Waals surface area contributed by atoms with Crippen molar-refractivity contribution in [1.82, 2.24) is 15.1 Å². The number of aryl methyl sites for hydroxylation is 1. The molecular weight excluding hydrogens is 210 g/mol. The Hall–Kier alpha value is -1.61. The maximum atomic E-state index is 4.24. The van der Waals surface area contributed by atoms with Crippen LogP contribution in [0.15, 0.2) is 42.6 Å². The number of nitrogens with zero attached hydrogens (tertiary/aromatic N) is 2. The Kier molecular flexibility index (Phi) is 3.94. The van der Waals surface area contributed by atoms with Gasteiger partial charge in [0.05, 0.1) is 11.7 Å². The van der Waals surface area contributed by atoms with Gasteiger partial charge in [-0.15, -0.1) is 0 Å². The van der Waals surface area contributed by atoms with Gasteiger partial charge in [-0.25, -0.2) is 0 Å². The highest BCUT2D eigenvalue weighted by atomic mass is 15.3. The van der Waals surface area contributed by atoms with Crippen LogP contribution in [0.2, 0.25) is 0 Å². The van der Waals surface area contributed by atoms with Crippen molar-refractivity contribution in [3.63, 3.8) is 0 Å². The lowest BCUT2D eigenvalue weighted by atomic mass is 10.0. The number of hydrogen-bond donors (Lipinski definition) is 1. The molecule has 0 aliphatic heterocycles. The first-order chi connectivity index (χ1) is 8.31. The average molecular weight is 229 g/mol. The van der Waals surface area contributed by atoms with E-state index in [-0.39, 0.29) is 0 Å². The predicted octanol–water partition coefficient (Wildman–Crippen LogP) is 2.31. The largest absolute Gasteiger partial charge is 0.309 e. The van der Waals surface area contributed by atoms with Gasteiger partial charge < -0.3 is 5.32 Å². The summed E-state index contributed by atoms with van der Waals surface area (Å²) in [7, 11) is 1.99. The molecule has 1 atom stereocenters. The first-order valence-corrected chi connectivity index (χ1v) is 6.06. The van der Waals surface area contributed by atoms with Gasteiger partial charge in [0.2, 0.25) is 0 Å². The Morgan fingerprint density at radius 2 is 2.00 bits per heavy atom. The van der Waals surface area contributed by atoms with E-state index in [1.54, 1.807) is 0 Å². The van der Waals surface area contributed by atoms with Crippen LogP contribution < -0.4 is 5.32 Å². The molecule has 0 bridgehead atoms. The Bertz CT molecular complexity index is 448. The zero-order valence-electron chi connectivity index (χ0n) is 10.4. The third-order valence-electron chi connectivity index (χ3n) is 2.95. The Morgan fingerprint density at radius 3 is 2.59 bits per heavy atom. The molecule has 2 aromatic rings. The lowest BCUT2D eigenvalue weighted by molar-refractivity contribution is 0.508. The second-order valence-corrected chi connectivity index (χ2v) is 4.18. The van der Waals surface area contributed by atoms with Crippen molar-refractivity contribution in [3.8, 4) is 0 Å². The molecule has 0 amide bonds. The number of aromatic nitrogens is 2. The van der Waals surface area contributed by atoms with Crippen LogP contribution in [0.1, 0.15) is 24.2 Å². The minimum atomic E-state index is 0.329. The summed E-state index contributed by atoms with van der Waals surface area (Å²) in [6.07, 6.45) is 2.85. The summed E-state index contributed by atoms with van der Waals surface area (Å²) in [6.45, 7) is 3.09. The van der Waals surface area contributed by atoms with Gasteiger partial charge in [0.1, 0.15) is 0 Å². The average Bonchev–Trinajstić information content (AvgIpc) is 2.76. The first-order valence-electron chi connectivity index (χ1n) is 6.06. The highest BCUT2D eigenvalue weighted by Crippen LogP contribution is 2.17. The number of hydrogen-bond acceptors (Lipinski definition) is 2. The van der Waals surface area contributed by atoms with E-state index in [1.807, 2.05) is 17.9 Å². The molecule has 3 nitrogen and oxygen atoms in total. The van der Waals surface area contributed by atoms with Crippen LogP contribution in [0, 0.1) is 0 Å². The molecule has 2 rings (SSSR count). The minimum absolute atomic E-state index is 0.329. The van der Waals surface area contributed by atoms with Crippen molar-refractivity contribution >= 4 is 0 Å². The second kappa shape index (κ2) is 5.64. The number of benzene rings is 1. The first kappa shape index (κ1) is 11.9. The molecule has 1 aromatic heterocycles. The molecule has 1 aromatic carbocycles. The van der Waals surface area contributed by atoms with Crippen molar-refractivity contribution < 1.29 is 0 Å². The van der Waals surface area contributed by atoms with Gasteiger partial charge in [0.15, 0.2) is 0 Å². The fourth-order valence-electron chi connectivity index (χ4n) is 2.10. The fraction of sp³-hybridized carbons (Fsp3) is 0.357. The van der Waals surface area contributed by atoms with Crippen LogP contribution in [0.4, 0.5) is 0 Å². The topological polar surface area (TPSA) is 29.9 Å². The van der Waals surface area contributed by atoms with E-state index >= 15 is 0 Å². The highest BCUT2D eigenvalue weighted by Gasteiger charge is 2.14. The van der Waals surface area contributed by atoms with Gasteiger partial charge in [-0.3, -0.25) is 4.68 Å². The summed E-state index contributed by atoms with van der Waals surface area (Å²) in [5, 5.41) is 7.75. The smallest absolute Gasteiger partial charge is 0.0553 e. The van der Waals surface area contributed by atoms with E-state index in [4.69, 9.17) is 0 Å². The minimum Gasteiger partial charge on any atom is -0.309 e. The van der Waals surface area contributed by atoms with Gasteiger partial charge in [-0.2, -0.15) is 5.10 Å². The van der Waals surface area contributed by atoms with Crippen LogP contribution in [0.25, 0.3) is 0 Å². The van der Waals surface area contributed by atoms with E-state index in [9.17, 15) is 0 Å². The van der Waals surface area contributed by atoms with Crippen molar-refractivity contribution in [2.45, 2.75) is 19.4 Å². The maximum Gasteiger partial charge on any atom is 0.0553 e. The van der Waals surface area contributed by atoms with Crippen molar-refractivity contribution in [2.24, 2.45) is 7.05 Å². The predicted molar refractivity (Wildman–Crippen MR) is 69.8 cm³/mol. The molecule has 0 aliphatic carbocycles. The van der Waals surface area contributed by atoms with E-state index < -0.39 is 0 Å². The summed E-state index contributed by atoms with van der Waals surface area (Å²) in [4.78, 5) is 0. The monoisotopic (exact) mass is 229 g/mol. The fourth-order valence-corrected chi connectivity index (χ4v) is 2.10. The molecule has 3 heteroatoms. The van der Waals surface area contributed by atoms with E-state index in [0.717, 1.165) is 13.0 Å². The van der Waals surface area contributed by atoms with Crippen LogP contribution in [-0.4, -0.2) is 16.3 Å². The standard InChI is InChI=1S/C14H19N3/c1-3-15-13(14-9-10-16-17(14)2)11-12-7-5-4-6-8-12/h4-10,13,15H,3,11H2,1-2H3. The van der Waals surface area contributed by atoms with Crippen molar-refractivity contribution in [3.05, 3.63) is 53.9 Å². The summed E-state index contributed by atoms with van der Waals surface area (Å²) < 4.78 is 1.94. The number of rotatable bonds is 5. The van der Waals surface area contributed by atoms with E-state index in [0.29, 0.717) is 6.04 Å². The molecule has 17 heavy (non-hydrogen) atoms. The summed E-state index contributed by atoms with van der Waals surface area (Å²) in [6, 6.07) is 13.0. The van der Waals surface area contributed by atoms with Crippen molar-refractivity contribution in [1.29, 1.82) is 0 Å². The van der Waals surface area contributed by atoms with E-state index in [1.165, 1.54) is 11.3 Å². The molecule has 1 unspecified atom stereocenters. The number of nitrogens with one attached hydrogen (secondary N) is 1. The molecule has 0 radical (unpaired) electrons. The zero-order valence-corrected chi connectivity index (χ0v) is 10.4. The molecule has 0 spiro atoms. The van der Waals surface area contributed by atoms with E-state index in [2.05, 4.69) is 53.7 Å². The molecule has 1 N–H and O–H groups in total. The van der Waals surface area contributed by atoms with Crippen LogP contribution in [-0.2, 0) is 13.5 Å². The summed E-state index contributed by atoms with van der Waals surface area (Å²) in [5.74, 6) is 0. The highest BCUT2D eigenvalue weighted by molar-refractivity contribution is 5.19. The van der Waals surface area contributed by atoms with Crippen LogP contribution in [0.3, 0.4) is 0 Å². The Labute approximate surface area is 102 Å². The maximum absolute atomic E-state index is 4.24. The lowest BCUT2D eigenvalue weighted by Gasteiger charge is -2.18.